The van der Waals surface area contributed by atoms with Gasteiger partial charge in [-0.3, -0.25) is 19.2 Å². The molecule has 11 heteroatoms. The number of hydrogen-bond donors (Lipinski definition) is 2. The normalized spacial score (nSPS) is 14.4. The lowest BCUT2D eigenvalue weighted by Crippen LogP contribution is -2.31. The molecule has 0 spiro atoms. The van der Waals surface area contributed by atoms with Crippen LogP contribution in [0.4, 0.5) is 11.4 Å². The number of amides is 4. The average molecular weight is 664 g/mol. The molecule has 2 N–H and O–H groups in total. The lowest BCUT2D eigenvalue weighted by molar-refractivity contribution is -0.121. The van der Waals surface area contributed by atoms with Gasteiger partial charge in [0.1, 0.15) is 11.4 Å². The first kappa shape index (κ1) is 33.7. The van der Waals surface area contributed by atoms with Gasteiger partial charge in [0.05, 0.1) is 29.7 Å². The Kier molecular flexibility index (Phi) is 11.0. The van der Waals surface area contributed by atoms with E-state index in [-0.39, 0.29) is 30.5 Å². The van der Waals surface area contributed by atoms with Gasteiger partial charge in [0, 0.05) is 22.6 Å². The van der Waals surface area contributed by atoms with E-state index in [4.69, 9.17) is 9.47 Å². The molecule has 5 rings (SSSR count). The number of imide groups is 1. The minimum absolute atomic E-state index is 0.0163. The fraction of sp³-hybridized carbons (Fsp3) is 0.162. The fourth-order valence-corrected chi connectivity index (χ4v) is 5.90. The number of anilines is 2. The second-order valence-corrected chi connectivity index (χ2v) is 11.8. The molecule has 10 nitrogen and oxygen atoms in total. The Morgan fingerprint density at radius 1 is 0.833 bits per heavy atom. The lowest BCUT2D eigenvalue weighted by Gasteiger charge is -2.15. The molecule has 1 saturated heterocycles. The third-order valence-electron chi connectivity index (χ3n) is 7.16. The molecule has 244 valence electrons. The Bertz CT molecular complexity index is 1820. The van der Waals surface area contributed by atoms with Crippen molar-refractivity contribution in [3.63, 3.8) is 0 Å². The minimum Gasteiger partial charge on any atom is -0.494 e. The quantitative estimate of drug-likeness (QED) is 0.106. The van der Waals surface area contributed by atoms with Crippen LogP contribution in [-0.2, 0) is 19.1 Å². The highest BCUT2D eigenvalue weighted by Crippen LogP contribution is 2.34. The van der Waals surface area contributed by atoms with Crippen molar-refractivity contribution in [2.75, 3.05) is 23.4 Å². The summed E-state index contributed by atoms with van der Waals surface area (Å²) in [6.07, 6.45) is 1.59. The van der Waals surface area contributed by atoms with Crippen LogP contribution in [0.25, 0.3) is 6.08 Å². The summed E-state index contributed by atoms with van der Waals surface area (Å²) in [6, 6.07) is 28.7. The second-order valence-electron chi connectivity index (χ2n) is 10.5. The van der Waals surface area contributed by atoms with Crippen molar-refractivity contribution in [1.82, 2.24) is 5.32 Å². The molecule has 1 aliphatic heterocycles. The number of carbonyl (C=O) groups excluding carboxylic acids is 5. The summed E-state index contributed by atoms with van der Waals surface area (Å²) in [5.41, 5.74) is 2.30. The number of ether oxygens (including phenoxy) is 2. The minimum atomic E-state index is -0.639. The van der Waals surface area contributed by atoms with Crippen molar-refractivity contribution >= 4 is 58.8 Å². The third-order valence-corrected chi connectivity index (χ3v) is 8.36. The largest absolute Gasteiger partial charge is 0.494 e. The second kappa shape index (κ2) is 15.7. The highest BCUT2D eigenvalue weighted by atomic mass is 32.2. The van der Waals surface area contributed by atoms with Crippen LogP contribution in [0.3, 0.4) is 0 Å². The van der Waals surface area contributed by atoms with E-state index < -0.39 is 23.0 Å². The molecule has 0 aliphatic carbocycles. The van der Waals surface area contributed by atoms with Crippen LogP contribution in [0.5, 0.6) is 5.75 Å². The van der Waals surface area contributed by atoms with E-state index in [2.05, 4.69) is 10.6 Å². The van der Waals surface area contributed by atoms with Crippen molar-refractivity contribution in [3.8, 4) is 5.75 Å². The van der Waals surface area contributed by atoms with Crippen molar-refractivity contribution in [2.24, 2.45) is 0 Å². The van der Waals surface area contributed by atoms with Crippen molar-refractivity contribution < 1.29 is 33.4 Å². The molecular formula is C37H33N3O7S. The highest BCUT2D eigenvalue weighted by molar-refractivity contribution is 8.00. The van der Waals surface area contributed by atoms with Gasteiger partial charge < -0.3 is 20.1 Å². The average Bonchev–Trinajstić information content (AvgIpc) is 3.38. The molecule has 0 aromatic heterocycles. The van der Waals surface area contributed by atoms with E-state index in [9.17, 15) is 24.0 Å². The molecule has 0 saturated carbocycles. The number of benzene rings is 4. The summed E-state index contributed by atoms with van der Waals surface area (Å²) < 4.78 is 10.5. The van der Waals surface area contributed by atoms with Gasteiger partial charge in [0.2, 0.25) is 11.8 Å². The van der Waals surface area contributed by atoms with Gasteiger partial charge in [-0.1, -0.05) is 30.3 Å². The van der Waals surface area contributed by atoms with E-state index in [1.807, 2.05) is 6.92 Å². The molecule has 48 heavy (non-hydrogen) atoms. The van der Waals surface area contributed by atoms with Gasteiger partial charge in [0.15, 0.2) is 0 Å². The van der Waals surface area contributed by atoms with Crippen LogP contribution >= 0.6 is 11.8 Å². The van der Waals surface area contributed by atoms with Gasteiger partial charge in [-0.2, -0.15) is 0 Å². The number of carbonyl (C=O) groups is 5. The fourth-order valence-electron chi connectivity index (χ4n) is 4.84. The third kappa shape index (κ3) is 8.37. The maximum atomic E-state index is 13.4. The highest BCUT2D eigenvalue weighted by Gasteiger charge is 2.40. The number of nitrogens with zero attached hydrogens (tertiary/aromatic N) is 1. The number of hydrogen-bond acceptors (Lipinski definition) is 8. The van der Waals surface area contributed by atoms with Crippen LogP contribution in [0, 0.1) is 0 Å². The Balaban J connectivity index is 1.25. The van der Waals surface area contributed by atoms with E-state index in [1.165, 1.54) is 23.9 Å². The summed E-state index contributed by atoms with van der Waals surface area (Å²) >= 11 is 1.24. The van der Waals surface area contributed by atoms with Crippen LogP contribution in [0.2, 0.25) is 0 Å². The molecular weight excluding hydrogens is 630 g/mol. The zero-order valence-corrected chi connectivity index (χ0v) is 27.1. The van der Waals surface area contributed by atoms with Gasteiger partial charge in [-0.25, -0.2) is 9.69 Å². The first-order chi connectivity index (χ1) is 23.2. The van der Waals surface area contributed by atoms with Gasteiger partial charge in [0.25, 0.3) is 11.8 Å². The summed E-state index contributed by atoms with van der Waals surface area (Å²) in [7, 11) is 0. The lowest BCUT2D eigenvalue weighted by atomic mass is 10.1. The topological polar surface area (TPSA) is 131 Å². The molecule has 1 heterocycles. The zero-order chi connectivity index (χ0) is 34.0. The summed E-state index contributed by atoms with van der Waals surface area (Å²) in [4.78, 5) is 66.2. The Morgan fingerprint density at radius 2 is 1.52 bits per heavy atom. The standard InChI is InChI=1S/C37H33N3O7S/c1-3-46-29-18-10-24(11-19-29)22-31(39-34(42)25-8-6-5-7-9-25)35(43)38-27-14-20-30(21-15-27)48-32-23-33(41)40(36(32)44)28-16-12-26(13-17-28)37(45)47-4-2/h5-22,32H,3-4,23H2,1-2H3,(H,38,43)(H,39,42)/b31-22-. The molecule has 0 radical (unpaired) electrons. The van der Waals surface area contributed by atoms with Crippen molar-refractivity contribution in [3.05, 3.63) is 126 Å². The van der Waals surface area contributed by atoms with E-state index in [1.54, 1.807) is 104 Å². The first-order valence-electron chi connectivity index (χ1n) is 15.3. The molecule has 4 amide bonds. The molecule has 4 aromatic carbocycles. The summed E-state index contributed by atoms with van der Waals surface area (Å²) in [5, 5.41) is 4.90. The summed E-state index contributed by atoms with van der Waals surface area (Å²) in [5.74, 6) is -1.45. The molecule has 0 bridgehead atoms. The maximum Gasteiger partial charge on any atom is 0.338 e. The van der Waals surface area contributed by atoms with Gasteiger partial charge in [-0.05, 0) is 98.3 Å². The van der Waals surface area contributed by atoms with Crippen molar-refractivity contribution in [2.45, 2.75) is 30.4 Å². The SMILES string of the molecule is CCOC(=O)c1ccc(N2C(=O)CC(Sc3ccc(NC(=O)/C(=C/c4ccc(OCC)cc4)NC(=O)c4ccccc4)cc3)C2=O)cc1. The van der Waals surface area contributed by atoms with E-state index in [0.717, 1.165) is 9.80 Å². The number of thioether (sulfide) groups is 1. The molecule has 1 aliphatic rings. The van der Waals surface area contributed by atoms with Crippen LogP contribution in [0.15, 0.2) is 114 Å². The predicted molar refractivity (Wildman–Crippen MR) is 184 cm³/mol. The Hall–Kier alpha value is -5.68. The molecule has 1 atom stereocenters. The summed E-state index contributed by atoms with van der Waals surface area (Å²) in [6.45, 7) is 4.37. The van der Waals surface area contributed by atoms with Gasteiger partial charge >= 0.3 is 5.97 Å². The molecule has 4 aromatic rings. The predicted octanol–water partition coefficient (Wildman–Crippen LogP) is 6.10. The zero-order valence-electron chi connectivity index (χ0n) is 26.3. The Morgan fingerprint density at radius 3 is 2.17 bits per heavy atom. The van der Waals surface area contributed by atoms with Crippen LogP contribution in [0.1, 0.15) is 46.5 Å². The molecule has 1 unspecified atom stereocenters. The van der Waals surface area contributed by atoms with E-state index in [0.29, 0.717) is 40.4 Å². The Labute approximate surface area is 282 Å². The number of nitrogens with one attached hydrogen (secondary N) is 2. The van der Waals surface area contributed by atoms with Crippen LogP contribution in [-0.4, -0.2) is 48.1 Å². The molecule has 1 fully saturated rings. The van der Waals surface area contributed by atoms with Gasteiger partial charge in [-0.15, -0.1) is 11.8 Å². The number of esters is 1. The number of rotatable bonds is 12. The van der Waals surface area contributed by atoms with E-state index >= 15 is 0 Å². The smallest absolute Gasteiger partial charge is 0.338 e. The van der Waals surface area contributed by atoms with Crippen molar-refractivity contribution in [1.29, 1.82) is 0 Å². The van der Waals surface area contributed by atoms with Crippen LogP contribution < -0.4 is 20.3 Å². The maximum absolute atomic E-state index is 13.4. The first-order valence-corrected chi connectivity index (χ1v) is 16.2. The monoisotopic (exact) mass is 663 g/mol.